The Kier molecular flexibility index (Phi) is 6.70. The van der Waals surface area contributed by atoms with Crippen LogP contribution in [0.3, 0.4) is 0 Å². The molecular formula is C7H5Cl2F5N4O2S. The Balaban J connectivity index is 0.00000400. The van der Waals surface area contributed by atoms with Crippen LogP contribution >= 0.6 is 35.5 Å². The first-order valence-electron chi connectivity index (χ1n) is 4.48. The van der Waals surface area contributed by atoms with Crippen molar-refractivity contribution in [2.75, 3.05) is 12.3 Å². The Labute approximate surface area is 128 Å². The molecule has 21 heavy (non-hydrogen) atoms. The molecule has 0 aliphatic heterocycles. The fourth-order valence-corrected chi connectivity index (χ4v) is 1.31. The molecule has 0 fully saturated rings. The van der Waals surface area contributed by atoms with Gasteiger partial charge in [-0.1, -0.05) is 5.16 Å². The van der Waals surface area contributed by atoms with Gasteiger partial charge in [0.25, 0.3) is 5.24 Å². The molecule has 1 aromatic rings. The Hall–Kier alpha value is -1.27. The van der Waals surface area contributed by atoms with Crippen LogP contribution in [0.25, 0.3) is 0 Å². The summed E-state index contributed by atoms with van der Waals surface area (Å²) in [6, 6.07) is 0. The van der Waals surface area contributed by atoms with Crippen LogP contribution in [-0.4, -0.2) is 39.0 Å². The van der Waals surface area contributed by atoms with Crippen LogP contribution in [0.15, 0.2) is 5.16 Å². The van der Waals surface area contributed by atoms with Crippen LogP contribution < -0.4 is 5.73 Å². The minimum Gasteiger partial charge on any atom is -0.388 e. The van der Waals surface area contributed by atoms with Crippen LogP contribution in [0.5, 0.6) is 0 Å². The average molecular weight is 375 g/mol. The maximum Gasteiger partial charge on any atom is 0.457 e. The number of carbonyl (C=O) groups excluding carboxylic acids is 1. The Morgan fingerprint density at radius 1 is 1.38 bits per heavy atom. The number of hydrogen-bond acceptors (Lipinski definition) is 7. The third-order valence-corrected chi connectivity index (χ3v) is 2.38. The quantitative estimate of drug-likeness (QED) is 0.369. The zero-order chi connectivity index (χ0) is 15.6. The lowest BCUT2D eigenvalue weighted by molar-refractivity contribution is -0.296. The number of nitrogens with two attached hydrogens (primary N) is 1. The van der Waals surface area contributed by atoms with Gasteiger partial charge in [-0.25, -0.2) is 0 Å². The topological polar surface area (TPSA) is 90.5 Å². The molecule has 14 heteroatoms. The second-order valence-electron chi connectivity index (χ2n) is 3.15. The third kappa shape index (κ3) is 5.21. The minimum absolute atomic E-state index is 0. The van der Waals surface area contributed by atoms with E-state index in [1.165, 1.54) is 0 Å². The third-order valence-electron chi connectivity index (χ3n) is 1.66. The number of rotatable bonds is 5. The predicted molar refractivity (Wildman–Crippen MR) is 65.9 cm³/mol. The van der Waals surface area contributed by atoms with Crippen molar-refractivity contribution < 1.29 is 31.6 Å². The van der Waals surface area contributed by atoms with E-state index in [0.29, 0.717) is 11.5 Å². The van der Waals surface area contributed by atoms with Crippen LogP contribution in [-0.2, 0) is 9.63 Å². The van der Waals surface area contributed by atoms with Gasteiger partial charge in [0.15, 0.2) is 11.7 Å². The van der Waals surface area contributed by atoms with Crippen molar-refractivity contribution in [1.29, 1.82) is 0 Å². The second-order valence-corrected chi connectivity index (χ2v) is 4.27. The molecule has 0 aromatic carbocycles. The molecule has 0 aliphatic rings. The maximum absolute atomic E-state index is 12.5. The number of anilines is 1. The van der Waals surface area contributed by atoms with Crippen molar-refractivity contribution >= 4 is 51.6 Å². The van der Waals surface area contributed by atoms with Crippen molar-refractivity contribution in [1.82, 2.24) is 9.36 Å². The van der Waals surface area contributed by atoms with E-state index in [1.54, 1.807) is 0 Å². The van der Waals surface area contributed by atoms with Crippen LogP contribution in [0, 0.1) is 0 Å². The van der Waals surface area contributed by atoms with Gasteiger partial charge in [-0.05, 0) is 11.6 Å². The number of nitrogens with zero attached hydrogens (tertiary/aromatic N) is 3. The first-order chi connectivity index (χ1) is 9.04. The highest BCUT2D eigenvalue weighted by Crippen LogP contribution is 2.35. The number of aromatic nitrogens is 2. The molecule has 0 unspecified atom stereocenters. The van der Waals surface area contributed by atoms with E-state index in [9.17, 15) is 26.7 Å². The number of hydrogen-bond donors (Lipinski definition) is 1. The van der Waals surface area contributed by atoms with E-state index in [1.807, 2.05) is 0 Å². The highest BCUT2D eigenvalue weighted by atomic mass is 35.5. The van der Waals surface area contributed by atoms with Crippen molar-refractivity contribution in [2.24, 2.45) is 5.16 Å². The highest BCUT2D eigenvalue weighted by molar-refractivity contribution is 7.09. The standard InChI is InChI=1S/C7H4ClF5N4O2S.ClH/c8-3(18)2(4-15-5(14)20-17-4)16-19-1-6(9,10)7(11,12)13;/h1H2,(H2,14,15,17);1H/b16-2+;. The summed E-state index contributed by atoms with van der Waals surface area (Å²) in [4.78, 5) is 18.2. The summed E-state index contributed by atoms with van der Waals surface area (Å²) in [7, 11) is 0. The molecule has 0 amide bonds. The van der Waals surface area contributed by atoms with E-state index >= 15 is 0 Å². The predicted octanol–water partition coefficient (Wildman–Crippen LogP) is 2.23. The van der Waals surface area contributed by atoms with E-state index < -0.39 is 35.5 Å². The van der Waals surface area contributed by atoms with Gasteiger partial charge in [-0.3, -0.25) is 4.79 Å². The van der Waals surface area contributed by atoms with Crippen molar-refractivity contribution in [3.8, 4) is 0 Å². The molecule has 1 rings (SSSR count). The second kappa shape index (κ2) is 7.13. The Morgan fingerprint density at radius 3 is 2.33 bits per heavy atom. The number of alkyl halides is 5. The summed E-state index contributed by atoms with van der Waals surface area (Å²) in [5.74, 6) is -5.58. The van der Waals surface area contributed by atoms with Crippen LogP contribution in [0.4, 0.5) is 27.1 Å². The molecule has 0 saturated carbocycles. The van der Waals surface area contributed by atoms with Crippen molar-refractivity contribution in [3.05, 3.63) is 5.82 Å². The SMILES string of the molecule is Cl.Nc1nc(/C(=N/OCC(F)(F)C(F)(F)F)C(=O)Cl)ns1. The zero-order valence-corrected chi connectivity index (χ0v) is 11.9. The summed E-state index contributed by atoms with van der Waals surface area (Å²) in [5, 5.41) is 1.39. The lowest BCUT2D eigenvalue weighted by atomic mass is 10.3. The Bertz CT molecular complexity index is 535. The fourth-order valence-electron chi connectivity index (χ4n) is 0.756. The largest absolute Gasteiger partial charge is 0.457 e. The summed E-state index contributed by atoms with van der Waals surface area (Å²) >= 11 is 5.69. The van der Waals surface area contributed by atoms with Gasteiger partial charge in [0.05, 0.1) is 0 Å². The summed E-state index contributed by atoms with van der Waals surface area (Å²) < 4.78 is 64.0. The van der Waals surface area contributed by atoms with Gasteiger partial charge in [-0.2, -0.15) is 31.3 Å². The lowest BCUT2D eigenvalue weighted by Gasteiger charge is -2.17. The molecule has 2 N–H and O–H groups in total. The van der Waals surface area contributed by atoms with Gasteiger partial charge in [0.2, 0.25) is 11.5 Å². The molecule has 120 valence electrons. The maximum atomic E-state index is 12.5. The van der Waals surface area contributed by atoms with E-state index in [2.05, 4.69) is 19.4 Å². The first-order valence-corrected chi connectivity index (χ1v) is 5.63. The van der Waals surface area contributed by atoms with Crippen LogP contribution in [0.2, 0.25) is 0 Å². The Morgan fingerprint density at radius 2 is 1.95 bits per heavy atom. The number of carbonyl (C=O) groups is 1. The molecule has 0 bridgehead atoms. The van der Waals surface area contributed by atoms with Gasteiger partial charge in [-0.15, -0.1) is 12.4 Å². The summed E-state index contributed by atoms with van der Waals surface area (Å²) in [6.45, 7) is -2.12. The van der Waals surface area contributed by atoms with Gasteiger partial charge in [0.1, 0.15) is 0 Å². The minimum atomic E-state index is -5.81. The lowest BCUT2D eigenvalue weighted by Crippen LogP contribution is -2.40. The highest BCUT2D eigenvalue weighted by Gasteiger charge is 2.58. The van der Waals surface area contributed by atoms with Crippen molar-refractivity contribution in [3.63, 3.8) is 0 Å². The first kappa shape index (κ1) is 19.7. The number of oxime groups is 1. The van der Waals surface area contributed by atoms with Crippen molar-refractivity contribution in [2.45, 2.75) is 12.1 Å². The fraction of sp³-hybridized carbons (Fsp3) is 0.429. The smallest absolute Gasteiger partial charge is 0.388 e. The van der Waals surface area contributed by atoms with Gasteiger partial charge < -0.3 is 10.6 Å². The molecular weight excluding hydrogens is 370 g/mol. The summed E-state index contributed by atoms with van der Waals surface area (Å²) in [5.41, 5.74) is 4.36. The number of nitrogen functional groups attached to an aromatic ring is 1. The molecule has 1 aromatic heterocycles. The monoisotopic (exact) mass is 374 g/mol. The van der Waals surface area contributed by atoms with Gasteiger partial charge in [0, 0.05) is 11.5 Å². The molecule has 6 nitrogen and oxygen atoms in total. The number of halogens is 7. The zero-order valence-electron chi connectivity index (χ0n) is 9.53. The van der Waals surface area contributed by atoms with E-state index in [4.69, 9.17) is 17.3 Å². The molecule has 0 saturated heterocycles. The van der Waals surface area contributed by atoms with Crippen LogP contribution in [0.1, 0.15) is 5.82 Å². The molecule has 0 aliphatic carbocycles. The van der Waals surface area contributed by atoms with E-state index in [0.717, 1.165) is 0 Å². The van der Waals surface area contributed by atoms with E-state index in [-0.39, 0.29) is 17.5 Å². The normalized spacial score (nSPS) is 12.8. The summed E-state index contributed by atoms with van der Waals surface area (Å²) in [6.07, 6.45) is -5.81. The molecule has 1 heterocycles. The average Bonchev–Trinajstić information content (AvgIpc) is 2.68. The molecule has 0 spiro atoms. The molecule has 0 atom stereocenters. The van der Waals surface area contributed by atoms with Gasteiger partial charge >= 0.3 is 12.1 Å². The molecule has 0 radical (unpaired) electrons.